The quantitative estimate of drug-likeness (QED) is 0.739. The molecule has 0 bridgehead atoms. The monoisotopic (exact) mass is 380 g/mol. The molecular weight excluding hydrogens is 360 g/mol. The summed E-state index contributed by atoms with van der Waals surface area (Å²) >= 11 is 1.68. The third-order valence-electron chi connectivity index (χ3n) is 4.79. The van der Waals surface area contributed by atoms with Crippen molar-refractivity contribution >= 4 is 23.2 Å². The molecule has 0 aliphatic carbocycles. The van der Waals surface area contributed by atoms with Crippen LogP contribution in [0, 0.1) is 0 Å². The fourth-order valence-electron chi connectivity index (χ4n) is 3.39. The lowest BCUT2D eigenvalue weighted by molar-refractivity contribution is -0.126. The zero-order chi connectivity index (χ0) is 18.6. The van der Waals surface area contributed by atoms with E-state index in [1.165, 1.54) is 11.1 Å². The minimum Gasteiger partial charge on any atom is -0.459 e. The van der Waals surface area contributed by atoms with Gasteiger partial charge in [-0.3, -0.25) is 9.59 Å². The number of furan rings is 1. The van der Waals surface area contributed by atoms with Gasteiger partial charge in [0, 0.05) is 24.4 Å². The van der Waals surface area contributed by atoms with Crippen LogP contribution in [-0.2, 0) is 24.2 Å². The summed E-state index contributed by atoms with van der Waals surface area (Å²) in [6.45, 7) is 0.957. The number of rotatable bonds is 5. The second-order valence-corrected chi connectivity index (χ2v) is 7.55. The number of hydrogen-bond acceptors (Lipinski definition) is 4. The van der Waals surface area contributed by atoms with Crippen molar-refractivity contribution < 1.29 is 14.0 Å². The molecule has 3 heterocycles. The molecule has 138 valence electrons. The maximum Gasteiger partial charge on any atom is 0.290 e. The number of benzene rings is 1. The highest BCUT2D eigenvalue weighted by molar-refractivity contribution is 7.09. The Kier molecular flexibility index (Phi) is 5.07. The number of thiophene rings is 1. The summed E-state index contributed by atoms with van der Waals surface area (Å²) in [7, 11) is 0. The molecule has 2 aromatic heterocycles. The molecule has 3 aromatic rings. The van der Waals surface area contributed by atoms with Crippen molar-refractivity contribution in [2.24, 2.45) is 0 Å². The molecule has 2 amide bonds. The Balaban J connectivity index is 1.51. The summed E-state index contributed by atoms with van der Waals surface area (Å²) in [5.74, 6) is -0.125. The van der Waals surface area contributed by atoms with Crippen molar-refractivity contribution in [3.63, 3.8) is 0 Å². The highest BCUT2D eigenvalue weighted by Gasteiger charge is 2.35. The van der Waals surface area contributed by atoms with Gasteiger partial charge < -0.3 is 14.6 Å². The minimum atomic E-state index is -0.541. The first-order valence-corrected chi connectivity index (χ1v) is 9.81. The predicted molar refractivity (Wildman–Crippen MR) is 104 cm³/mol. The van der Waals surface area contributed by atoms with E-state index in [1.807, 2.05) is 35.7 Å². The van der Waals surface area contributed by atoms with Gasteiger partial charge >= 0.3 is 0 Å². The Labute approximate surface area is 161 Å². The van der Waals surface area contributed by atoms with Gasteiger partial charge in [-0.2, -0.15) is 0 Å². The van der Waals surface area contributed by atoms with Crippen molar-refractivity contribution in [3.8, 4) is 0 Å². The molecule has 1 atom stereocenters. The molecule has 0 spiro atoms. The number of carbonyl (C=O) groups is 2. The minimum absolute atomic E-state index is 0.124. The number of fused-ring (bicyclic) bond motifs is 1. The summed E-state index contributed by atoms with van der Waals surface area (Å²) < 4.78 is 5.27. The van der Waals surface area contributed by atoms with E-state index >= 15 is 0 Å². The van der Waals surface area contributed by atoms with Crippen LogP contribution in [0.15, 0.2) is 64.6 Å². The molecule has 1 aliphatic rings. The maximum atomic E-state index is 12.9. The van der Waals surface area contributed by atoms with E-state index in [9.17, 15) is 9.59 Å². The van der Waals surface area contributed by atoms with Gasteiger partial charge in [0.15, 0.2) is 5.76 Å². The van der Waals surface area contributed by atoms with Crippen molar-refractivity contribution in [2.45, 2.75) is 25.4 Å². The molecule has 1 N–H and O–H groups in total. The lowest BCUT2D eigenvalue weighted by atomic mass is 9.93. The molecule has 0 fully saturated rings. The third kappa shape index (κ3) is 3.80. The highest BCUT2D eigenvalue weighted by atomic mass is 32.1. The van der Waals surface area contributed by atoms with E-state index in [0.717, 1.165) is 17.5 Å². The fraction of sp³-hybridized carbons (Fsp3) is 0.238. The van der Waals surface area contributed by atoms with Gasteiger partial charge in [0.1, 0.15) is 6.04 Å². The van der Waals surface area contributed by atoms with Gasteiger partial charge in [-0.25, -0.2) is 0 Å². The van der Waals surface area contributed by atoms with Crippen LogP contribution in [-0.4, -0.2) is 29.3 Å². The van der Waals surface area contributed by atoms with Crippen LogP contribution < -0.4 is 5.32 Å². The number of hydrogen-bond donors (Lipinski definition) is 1. The van der Waals surface area contributed by atoms with E-state index in [2.05, 4.69) is 11.4 Å². The third-order valence-corrected chi connectivity index (χ3v) is 5.73. The lowest BCUT2D eigenvalue weighted by Crippen LogP contribution is -2.52. The molecule has 1 aromatic carbocycles. The van der Waals surface area contributed by atoms with Gasteiger partial charge in [-0.15, -0.1) is 11.3 Å². The molecule has 5 nitrogen and oxygen atoms in total. The Morgan fingerprint density at radius 1 is 1.11 bits per heavy atom. The molecule has 4 rings (SSSR count). The summed E-state index contributed by atoms with van der Waals surface area (Å²) in [4.78, 5) is 28.6. The second kappa shape index (κ2) is 7.80. The van der Waals surface area contributed by atoms with Crippen molar-refractivity contribution in [2.75, 3.05) is 6.54 Å². The van der Waals surface area contributed by atoms with E-state index in [1.54, 1.807) is 28.4 Å². The topological polar surface area (TPSA) is 62.6 Å². The smallest absolute Gasteiger partial charge is 0.290 e. The summed E-state index contributed by atoms with van der Waals surface area (Å²) in [5.41, 5.74) is 2.18. The van der Waals surface area contributed by atoms with E-state index < -0.39 is 6.04 Å². The SMILES string of the molecule is O=C(NCCc1cccs1)C1Cc2ccccc2CN1C(=O)c1ccco1. The van der Waals surface area contributed by atoms with Crippen molar-refractivity contribution in [3.05, 3.63) is 81.9 Å². The van der Waals surface area contributed by atoms with Crippen molar-refractivity contribution in [1.82, 2.24) is 10.2 Å². The fourth-order valence-corrected chi connectivity index (χ4v) is 4.10. The van der Waals surface area contributed by atoms with Gasteiger partial charge in [-0.1, -0.05) is 30.3 Å². The normalized spacial score (nSPS) is 16.0. The van der Waals surface area contributed by atoms with Gasteiger partial charge in [0.25, 0.3) is 5.91 Å². The number of nitrogens with zero attached hydrogens (tertiary/aromatic N) is 1. The second-order valence-electron chi connectivity index (χ2n) is 6.52. The van der Waals surface area contributed by atoms with Crippen molar-refractivity contribution in [1.29, 1.82) is 0 Å². The van der Waals surface area contributed by atoms with E-state index in [0.29, 0.717) is 19.5 Å². The van der Waals surface area contributed by atoms with Crippen LogP contribution in [0.25, 0.3) is 0 Å². The average Bonchev–Trinajstić information content (AvgIpc) is 3.40. The largest absolute Gasteiger partial charge is 0.459 e. The summed E-state index contributed by atoms with van der Waals surface area (Å²) in [6.07, 6.45) is 2.77. The Hall–Kier alpha value is -2.86. The molecule has 1 unspecified atom stereocenters. The summed E-state index contributed by atoms with van der Waals surface area (Å²) in [5, 5.41) is 5.02. The van der Waals surface area contributed by atoms with Gasteiger partial charge in [0.05, 0.1) is 6.26 Å². The van der Waals surface area contributed by atoms with E-state index in [4.69, 9.17) is 4.42 Å². The average molecular weight is 380 g/mol. The van der Waals surface area contributed by atoms with Crippen LogP contribution in [0.2, 0.25) is 0 Å². The molecule has 6 heteroatoms. The van der Waals surface area contributed by atoms with Crippen LogP contribution >= 0.6 is 11.3 Å². The highest BCUT2D eigenvalue weighted by Crippen LogP contribution is 2.25. The first-order valence-electron chi connectivity index (χ1n) is 8.94. The number of carbonyl (C=O) groups excluding carboxylic acids is 2. The zero-order valence-electron chi connectivity index (χ0n) is 14.8. The molecular formula is C21H20N2O3S. The molecule has 1 aliphatic heterocycles. The Morgan fingerprint density at radius 2 is 1.96 bits per heavy atom. The lowest BCUT2D eigenvalue weighted by Gasteiger charge is -2.35. The number of nitrogens with one attached hydrogen (secondary N) is 1. The Bertz CT molecular complexity index is 919. The van der Waals surface area contributed by atoms with Crippen LogP contribution in [0.1, 0.15) is 26.6 Å². The van der Waals surface area contributed by atoms with Gasteiger partial charge in [-0.05, 0) is 41.1 Å². The predicted octanol–water partition coefficient (Wildman–Crippen LogP) is 3.27. The van der Waals surface area contributed by atoms with Crippen LogP contribution in [0.3, 0.4) is 0 Å². The standard InChI is InChI=1S/C21H20N2O3S/c24-20(22-10-9-17-7-4-12-27-17)18-13-15-5-1-2-6-16(15)14-23(18)21(25)19-8-3-11-26-19/h1-8,11-12,18H,9-10,13-14H2,(H,22,24). The molecule has 0 saturated heterocycles. The first kappa shape index (κ1) is 17.5. The Morgan fingerprint density at radius 3 is 2.70 bits per heavy atom. The van der Waals surface area contributed by atoms with Crippen LogP contribution in [0.5, 0.6) is 0 Å². The maximum absolute atomic E-state index is 12.9. The van der Waals surface area contributed by atoms with Crippen LogP contribution in [0.4, 0.5) is 0 Å². The first-order chi connectivity index (χ1) is 13.2. The summed E-state index contributed by atoms with van der Waals surface area (Å²) in [6, 6.07) is 14.8. The molecule has 0 radical (unpaired) electrons. The number of amides is 2. The van der Waals surface area contributed by atoms with Gasteiger partial charge in [0.2, 0.25) is 5.91 Å². The van der Waals surface area contributed by atoms with E-state index in [-0.39, 0.29) is 17.6 Å². The zero-order valence-corrected chi connectivity index (χ0v) is 15.6. The molecule has 27 heavy (non-hydrogen) atoms. The molecule has 0 saturated carbocycles.